The Bertz CT molecular complexity index is 3440. The molecule has 5 unspecified atom stereocenters. The molecule has 4 aliphatic carbocycles. The van der Waals surface area contributed by atoms with E-state index in [4.69, 9.17) is 25.0 Å². The van der Waals surface area contributed by atoms with Gasteiger partial charge in [0.2, 0.25) is 0 Å². The molecule has 0 bridgehead atoms. The minimum atomic E-state index is -1.86. The molecule has 5 atom stereocenters. The zero-order chi connectivity index (χ0) is 45.7. The van der Waals surface area contributed by atoms with Gasteiger partial charge in [-0.2, -0.15) is 0 Å². The van der Waals surface area contributed by atoms with Gasteiger partial charge in [0.15, 0.2) is 0 Å². The van der Waals surface area contributed by atoms with Crippen LogP contribution in [0.1, 0.15) is 58.1 Å². The van der Waals surface area contributed by atoms with Crippen molar-refractivity contribution < 1.29 is 31.8 Å². The maximum atomic E-state index is 9.62. The molecule has 1 aromatic heterocycles. The Morgan fingerprint density at radius 2 is 1.40 bits per heavy atom. The number of benzene rings is 4. The van der Waals surface area contributed by atoms with Gasteiger partial charge in [0.05, 0.1) is 24.7 Å². The summed E-state index contributed by atoms with van der Waals surface area (Å²) in [5, 5.41) is -0.589. The molecule has 0 saturated carbocycles. The Balaban J connectivity index is 1.60. The normalized spacial score (nSPS) is 33.0. The van der Waals surface area contributed by atoms with Crippen molar-refractivity contribution in [3.05, 3.63) is 164 Å². The van der Waals surface area contributed by atoms with Gasteiger partial charge < -0.3 is 4.42 Å². The summed E-state index contributed by atoms with van der Waals surface area (Å²) in [5.41, 5.74) is -0.0867. The number of para-hydroxylation sites is 1. The van der Waals surface area contributed by atoms with E-state index >= 15 is 0 Å². The Labute approximate surface area is 278 Å². The number of fused-ring (bicyclic) bond motifs is 6. The number of rotatable bonds is 3. The van der Waals surface area contributed by atoms with Gasteiger partial charge in [-0.15, -0.1) is 0 Å². The molecule has 5 aromatic rings. The summed E-state index contributed by atoms with van der Waals surface area (Å²) in [5.74, 6) is -4.30. The zero-order valence-corrected chi connectivity index (χ0v) is 22.4. The van der Waals surface area contributed by atoms with E-state index in [1.54, 1.807) is 30.3 Å². The van der Waals surface area contributed by atoms with E-state index in [9.17, 15) is 6.85 Å². The molecule has 0 amide bonds. The van der Waals surface area contributed by atoms with Gasteiger partial charge in [-0.05, 0) is 80.1 Å². The van der Waals surface area contributed by atoms with Crippen LogP contribution in [0.15, 0.2) is 131 Å². The molecule has 0 radical (unpaired) electrons. The van der Waals surface area contributed by atoms with Crippen LogP contribution in [0.4, 0.5) is 0 Å². The third-order valence-corrected chi connectivity index (χ3v) is 8.34. The fraction of sp³-hybridized carbons (Fsp3) is 0.143. The predicted octanol–water partition coefficient (Wildman–Crippen LogP) is 5.35. The largest absolute Gasteiger partial charge is 0.456 e. The highest BCUT2D eigenvalue weighted by molar-refractivity contribution is 6.01. The summed E-state index contributed by atoms with van der Waals surface area (Å²) in [6.07, 6.45) is -2.31. The highest BCUT2D eigenvalue weighted by Gasteiger charge is 2.35. The Hall–Kier alpha value is -4.88. The molecule has 206 valence electrons. The van der Waals surface area contributed by atoms with Gasteiger partial charge in [-0.1, -0.05) is 127 Å². The van der Waals surface area contributed by atoms with E-state index in [1.165, 1.54) is 0 Å². The first kappa shape index (κ1) is 12.0. The second-order valence-corrected chi connectivity index (χ2v) is 10.5. The Kier molecular flexibility index (Phi) is 2.75. The lowest BCUT2D eigenvalue weighted by Crippen LogP contribution is -2.44. The van der Waals surface area contributed by atoms with Crippen LogP contribution < -0.4 is 31.5 Å². The van der Waals surface area contributed by atoms with Crippen molar-refractivity contribution in [1.82, 2.24) is 0 Å². The number of allylic oxidation sites excluding steroid dienone is 4. The van der Waals surface area contributed by atoms with E-state index in [2.05, 4.69) is 0 Å². The lowest BCUT2D eigenvalue weighted by Gasteiger charge is -2.36. The molecular formula is C42H32O. The van der Waals surface area contributed by atoms with Crippen LogP contribution >= 0.6 is 0 Å². The van der Waals surface area contributed by atoms with Gasteiger partial charge in [-0.25, -0.2) is 0 Å². The Morgan fingerprint density at radius 3 is 2.19 bits per heavy atom. The van der Waals surface area contributed by atoms with Crippen molar-refractivity contribution in [3.8, 4) is 0 Å². The second kappa shape index (κ2) is 9.85. The minimum absolute atomic E-state index is 0.0284. The summed E-state index contributed by atoms with van der Waals surface area (Å²) in [6.45, 7) is 0. The molecule has 1 nitrogen and oxygen atoms in total. The lowest BCUT2D eigenvalue weighted by molar-refractivity contribution is 0.568. The third kappa shape index (κ3) is 3.85. The summed E-state index contributed by atoms with van der Waals surface area (Å²) >= 11 is 0. The summed E-state index contributed by atoms with van der Waals surface area (Å²) in [7, 11) is 0. The summed E-state index contributed by atoms with van der Waals surface area (Å²) in [6, 6.07) is -5.11. The first-order valence-corrected chi connectivity index (χ1v) is 13.8. The van der Waals surface area contributed by atoms with Gasteiger partial charge in [0.1, 0.15) is 11.0 Å². The van der Waals surface area contributed by atoms with Crippen molar-refractivity contribution in [2.75, 3.05) is 0 Å². The van der Waals surface area contributed by atoms with Crippen molar-refractivity contribution in [1.29, 1.82) is 0 Å². The summed E-state index contributed by atoms with van der Waals surface area (Å²) < 4.78 is 186. The van der Waals surface area contributed by atoms with Crippen molar-refractivity contribution in [2.45, 2.75) is 25.1 Å². The quantitative estimate of drug-likeness (QED) is 0.284. The Morgan fingerprint density at radius 1 is 0.721 bits per heavy atom. The average molecular weight is 573 g/mol. The van der Waals surface area contributed by atoms with E-state index in [1.807, 2.05) is 0 Å². The molecule has 0 saturated heterocycles. The molecule has 0 fully saturated rings. The predicted molar refractivity (Wildman–Crippen MR) is 178 cm³/mol. The first-order chi connectivity index (χ1) is 29.6. The number of hydrogen-bond acceptors (Lipinski definition) is 1. The van der Waals surface area contributed by atoms with Gasteiger partial charge in [0, 0.05) is 31.1 Å². The van der Waals surface area contributed by atoms with Crippen LogP contribution in [0.3, 0.4) is 0 Å². The average Bonchev–Trinajstić information content (AvgIpc) is 3.65. The third-order valence-electron chi connectivity index (χ3n) is 8.34. The fourth-order valence-electron chi connectivity index (χ4n) is 6.61. The second-order valence-electron chi connectivity index (χ2n) is 10.5. The molecule has 4 aliphatic rings. The molecule has 4 aromatic carbocycles. The zero-order valence-electron chi connectivity index (χ0n) is 42.4. The van der Waals surface area contributed by atoms with Crippen LogP contribution in [0.2, 0.25) is 0 Å². The van der Waals surface area contributed by atoms with Crippen molar-refractivity contribution in [2.24, 2.45) is 11.8 Å². The van der Waals surface area contributed by atoms with E-state index < -0.39 is 150 Å². The SMILES string of the molecule is [2H]C1=C([2H])C2C(C3=c4c([2H])c([2H])c([2H])c([2H])c4=C([2H])C([2H])C3[2H])=c3c([2H])c([2H])c([2H])c([2H])c3=C(C3=c4c(oc5ccccc45)=CC(c4c([2H])c([2H])c([2H])c([2H])c4[2H])C3)C2C([2H])=C1[2H]. The maximum Gasteiger partial charge on any atom is 0.135 e. The highest BCUT2D eigenvalue weighted by atomic mass is 16.3. The monoisotopic (exact) mass is 572 g/mol. The fourth-order valence-corrected chi connectivity index (χ4v) is 6.61. The molecule has 0 spiro atoms. The van der Waals surface area contributed by atoms with Crippen LogP contribution in [0.25, 0.3) is 45.4 Å². The van der Waals surface area contributed by atoms with E-state index in [0.29, 0.717) is 16.2 Å². The van der Waals surface area contributed by atoms with Gasteiger partial charge in [-0.3, -0.25) is 0 Å². The summed E-state index contributed by atoms with van der Waals surface area (Å²) in [4.78, 5) is 0. The van der Waals surface area contributed by atoms with Crippen LogP contribution in [0, 0.1) is 11.8 Å². The van der Waals surface area contributed by atoms with Crippen LogP contribution in [-0.4, -0.2) is 0 Å². The van der Waals surface area contributed by atoms with E-state index in [0.717, 1.165) is 0 Å². The molecule has 9 rings (SSSR count). The van der Waals surface area contributed by atoms with Gasteiger partial charge in [0.25, 0.3) is 0 Å². The topological polar surface area (TPSA) is 13.1 Å². The molecular weight excluding hydrogens is 520 g/mol. The van der Waals surface area contributed by atoms with Crippen LogP contribution in [-0.2, 0) is 0 Å². The first-order valence-electron chi connectivity index (χ1n) is 24.0. The molecule has 0 aliphatic heterocycles. The molecule has 43 heavy (non-hydrogen) atoms. The minimum Gasteiger partial charge on any atom is -0.456 e. The highest BCUT2D eigenvalue weighted by Crippen LogP contribution is 2.44. The molecule has 1 heterocycles. The molecule has 1 heteroatoms. The van der Waals surface area contributed by atoms with E-state index in [-0.39, 0.29) is 50.1 Å². The van der Waals surface area contributed by atoms with Gasteiger partial charge >= 0.3 is 0 Å². The maximum absolute atomic E-state index is 9.62. The smallest absolute Gasteiger partial charge is 0.135 e. The standard InChI is InChI=1S/C42H32O/c1-2-13-27(14-3-1)29-25-37(42-36-22-10-11-24-38(36)43-39(42)26-29)41-34-20-8-6-18-32(34)40(33-19-7-9-21-35(33)41)31-23-12-16-28-15-4-5-17-30(28)31/h1-11,13-22,24,26,29,32,34H,12,23,25H2/i1D,2D,3D,4D,5D,6D,7D,8D,9D,12D,13D,14D,15D,16D,17D,18D,19D,20D,21D,23D. The number of hydrogen-bond donors (Lipinski definition) is 0. The lowest BCUT2D eigenvalue weighted by atomic mass is 9.67. The molecule has 0 N–H and O–H groups in total. The van der Waals surface area contributed by atoms with Crippen molar-refractivity contribution in [3.63, 3.8) is 0 Å². The van der Waals surface area contributed by atoms with Crippen molar-refractivity contribution >= 4 is 45.4 Å². The number of furan rings is 1. The van der Waals surface area contributed by atoms with Crippen LogP contribution in [0.5, 0.6) is 0 Å².